The normalized spacial score (nSPS) is 11.0. The predicted molar refractivity (Wildman–Crippen MR) is 132 cm³/mol. The number of ether oxygens (including phenoxy) is 1. The summed E-state index contributed by atoms with van der Waals surface area (Å²) in [6.45, 7) is 0. The van der Waals surface area contributed by atoms with Gasteiger partial charge in [0, 0.05) is 36.8 Å². The minimum absolute atomic E-state index is 0.224. The van der Waals surface area contributed by atoms with Crippen molar-refractivity contribution in [2.45, 2.75) is 0 Å². The smallest absolute Gasteiger partial charge is 0.138 e. The zero-order chi connectivity index (χ0) is 23.0. The number of hydrogen-bond donors (Lipinski definition) is 0. The third kappa shape index (κ3) is 4.14. The Labute approximate surface area is 208 Å². The first-order chi connectivity index (χ1) is 15.3. The largest absolute Gasteiger partial charge is 0.495 e. The second kappa shape index (κ2) is 9.41. The molecular formula is C25H14Br3F3O. The maximum Gasteiger partial charge on any atom is 0.138 e. The van der Waals surface area contributed by atoms with Crippen molar-refractivity contribution in [3.05, 3.63) is 97.6 Å². The van der Waals surface area contributed by atoms with Crippen LogP contribution in [-0.4, -0.2) is 7.11 Å². The fourth-order valence-electron chi connectivity index (χ4n) is 3.63. The van der Waals surface area contributed by atoms with Gasteiger partial charge in [-0.25, -0.2) is 13.2 Å². The summed E-state index contributed by atoms with van der Waals surface area (Å²) in [6.07, 6.45) is 0. The summed E-state index contributed by atoms with van der Waals surface area (Å²) in [4.78, 5) is 0. The van der Waals surface area contributed by atoms with E-state index in [1.807, 2.05) is 0 Å². The van der Waals surface area contributed by atoms with E-state index in [1.54, 1.807) is 42.5 Å². The second-order valence-electron chi connectivity index (χ2n) is 6.89. The molecule has 0 N–H and O–H groups in total. The van der Waals surface area contributed by atoms with E-state index >= 15 is 0 Å². The maximum absolute atomic E-state index is 14.9. The van der Waals surface area contributed by atoms with Gasteiger partial charge >= 0.3 is 0 Å². The van der Waals surface area contributed by atoms with Crippen LogP contribution < -0.4 is 4.74 Å². The van der Waals surface area contributed by atoms with E-state index in [-0.39, 0.29) is 4.47 Å². The molecule has 0 heterocycles. The van der Waals surface area contributed by atoms with Crippen LogP contribution in [0.1, 0.15) is 0 Å². The van der Waals surface area contributed by atoms with E-state index in [0.29, 0.717) is 48.1 Å². The summed E-state index contributed by atoms with van der Waals surface area (Å²) >= 11 is 10.3. The molecule has 4 aromatic carbocycles. The molecule has 0 aliphatic carbocycles. The lowest BCUT2D eigenvalue weighted by atomic mass is 9.89. The summed E-state index contributed by atoms with van der Waals surface area (Å²) in [6, 6.07) is 17.1. The Morgan fingerprint density at radius 3 is 2.00 bits per heavy atom. The maximum atomic E-state index is 14.9. The Hall–Kier alpha value is -2.09. The van der Waals surface area contributed by atoms with Crippen molar-refractivity contribution < 1.29 is 17.9 Å². The lowest BCUT2D eigenvalue weighted by molar-refractivity contribution is 0.418. The van der Waals surface area contributed by atoms with Crippen LogP contribution in [-0.2, 0) is 0 Å². The monoisotopic (exact) mass is 624 g/mol. The first kappa shape index (κ1) is 23.1. The van der Waals surface area contributed by atoms with Crippen LogP contribution >= 0.6 is 47.8 Å². The fraction of sp³-hybridized carbons (Fsp3) is 0.0400. The van der Waals surface area contributed by atoms with Gasteiger partial charge in [0.15, 0.2) is 0 Å². The molecule has 0 aromatic heterocycles. The van der Waals surface area contributed by atoms with Crippen molar-refractivity contribution in [2.24, 2.45) is 0 Å². The molecule has 4 aromatic rings. The molecule has 7 heteroatoms. The summed E-state index contributed by atoms with van der Waals surface area (Å²) in [5.41, 5.74) is 3.11. The molecule has 0 bridgehead atoms. The summed E-state index contributed by atoms with van der Waals surface area (Å²) in [5.74, 6) is -0.898. The third-order valence-corrected chi connectivity index (χ3v) is 7.11. The highest BCUT2D eigenvalue weighted by molar-refractivity contribution is 9.11. The van der Waals surface area contributed by atoms with E-state index in [2.05, 4.69) is 47.8 Å². The Morgan fingerprint density at radius 1 is 0.625 bits per heavy atom. The Kier molecular flexibility index (Phi) is 6.79. The van der Waals surface area contributed by atoms with Gasteiger partial charge in [0.2, 0.25) is 0 Å². The SMILES string of the molecule is COc1c(-c2ccc(F)cc2Br)c(Br)cc(-c2ccccc2F)c1-c1cccc(F)c1Br. The van der Waals surface area contributed by atoms with E-state index < -0.39 is 17.5 Å². The number of halogens is 6. The van der Waals surface area contributed by atoms with Gasteiger partial charge in [-0.15, -0.1) is 0 Å². The topological polar surface area (TPSA) is 9.23 Å². The van der Waals surface area contributed by atoms with E-state index in [9.17, 15) is 13.2 Å². The third-order valence-electron chi connectivity index (χ3n) is 5.02. The molecule has 4 rings (SSSR count). The van der Waals surface area contributed by atoms with Crippen molar-refractivity contribution in [1.82, 2.24) is 0 Å². The highest BCUT2D eigenvalue weighted by Gasteiger charge is 2.25. The molecule has 32 heavy (non-hydrogen) atoms. The molecular weight excluding hydrogens is 613 g/mol. The Balaban J connectivity index is 2.17. The van der Waals surface area contributed by atoms with Gasteiger partial charge in [0.25, 0.3) is 0 Å². The molecule has 0 aliphatic rings. The number of benzene rings is 4. The summed E-state index contributed by atoms with van der Waals surface area (Å²) in [7, 11) is 1.49. The molecule has 0 amide bonds. The molecule has 0 radical (unpaired) electrons. The zero-order valence-corrected chi connectivity index (χ0v) is 21.3. The molecule has 0 saturated carbocycles. The molecule has 0 spiro atoms. The highest BCUT2D eigenvalue weighted by atomic mass is 79.9. The van der Waals surface area contributed by atoms with Crippen LogP contribution in [0.25, 0.3) is 33.4 Å². The van der Waals surface area contributed by atoms with Gasteiger partial charge in [0.1, 0.15) is 23.2 Å². The van der Waals surface area contributed by atoms with Crippen LogP contribution in [0.4, 0.5) is 13.2 Å². The molecule has 0 unspecified atom stereocenters. The fourth-order valence-corrected chi connectivity index (χ4v) is 5.26. The van der Waals surface area contributed by atoms with Gasteiger partial charge in [-0.1, -0.05) is 52.3 Å². The van der Waals surface area contributed by atoms with E-state index in [1.165, 1.54) is 31.4 Å². The van der Waals surface area contributed by atoms with Gasteiger partial charge in [-0.3, -0.25) is 0 Å². The Morgan fingerprint density at radius 2 is 1.31 bits per heavy atom. The van der Waals surface area contributed by atoms with Crippen LogP contribution in [0.5, 0.6) is 5.75 Å². The number of hydrogen-bond acceptors (Lipinski definition) is 1. The van der Waals surface area contributed by atoms with Gasteiger partial charge in [-0.05, 0) is 67.8 Å². The van der Waals surface area contributed by atoms with Crippen molar-refractivity contribution in [2.75, 3.05) is 7.11 Å². The van der Waals surface area contributed by atoms with E-state index in [4.69, 9.17) is 4.74 Å². The molecule has 0 aliphatic heterocycles. The average molecular weight is 627 g/mol. The number of rotatable bonds is 4. The number of methoxy groups -OCH3 is 1. The molecule has 0 fully saturated rings. The van der Waals surface area contributed by atoms with E-state index in [0.717, 1.165) is 0 Å². The van der Waals surface area contributed by atoms with Crippen LogP contribution in [0.3, 0.4) is 0 Å². The molecule has 1 nitrogen and oxygen atoms in total. The first-order valence-corrected chi connectivity index (χ1v) is 11.8. The quantitative estimate of drug-likeness (QED) is 0.219. The van der Waals surface area contributed by atoms with Gasteiger partial charge in [-0.2, -0.15) is 0 Å². The lowest BCUT2D eigenvalue weighted by Gasteiger charge is -2.22. The van der Waals surface area contributed by atoms with Crippen LogP contribution in [0, 0.1) is 17.5 Å². The van der Waals surface area contributed by atoms with Crippen LogP contribution in [0.15, 0.2) is 80.1 Å². The molecule has 0 saturated heterocycles. The molecule has 0 atom stereocenters. The lowest BCUT2D eigenvalue weighted by Crippen LogP contribution is -1.99. The van der Waals surface area contributed by atoms with Crippen LogP contribution in [0.2, 0.25) is 0 Å². The van der Waals surface area contributed by atoms with Crippen molar-refractivity contribution in [3.63, 3.8) is 0 Å². The van der Waals surface area contributed by atoms with Crippen molar-refractivity contribution in [1.29, 1.82) is 0 Å². The van der Waals surface area contributed by atoms with Crippen molar-refractivity contribution in [3.8, 4) is 39.1 Å². The van der Waals surface area contributed by atoms with Gasteiger partial charge < -0.3 is 4.74 Å². The first-order valence-electron chi connectivity index (χ1n) is 9.38. The summed E-state index contributed by atoms with van der Waals surface area (Å²) in [5, 5.41) is 0. The minimum atomic E-state index is -0.462. The predicted octanol–water partition coefficient (Wildman–Crippen LogP) is 9.40. The Bertz CT molecular complexity index is 1340. The zero-order valence-electron chi connectivity index (χ0n) is 16.5. The standard InChI is InChI=1S/C25H14Br3F3O/c1-32-25-22(16-6-4-8-21(31)24(16)28)17(14-5-2-3-7-20(14)30)12-19(27)23(25)15-10-9-13(29)11-18(15)26/h2-12H,1H3. The second-order valence-corrected chi connectivity index (χ2v) is 9.40. The van der Waals surface area contributed by atoms with Gasteiger partial charge in [0.05, 0.1) is 11.6 Å². The van der Waals surface area contributed by atoms with Crippen molar-refractivity contribution >= 4 is 47.8 Å². The molecule has 162 valence electrons. The average Bonchev–Trinajstić information content (AvgIpc) is 2.76. The highest BCUT2D eigenvalue weighted by Crippen LogP contribution is 2.51. The summed E-state index contributed by atoms with van der Waals surface area (Å²) < 4.78 is 50.3. The minimum Gasteiger partial charge on any atom is -0.495 e.